The maximum absolute atomic E-state index is 5.02. The molecule has 0 spiro atoms. The van der Waals surface area contributed by atoms with Crippen molar-refractivity contribution >= 4 is 62.1 Å². The van der Waals surface area contributed by atoms with E-state index in [1.54, 1.807) is 0 Å². The van der Waals surface area contributed by atoms with Crippen LogP contribution >= 0.6 is 0 Å². The highest BCUT2D eigenvalue weighted by Crippen LogP contribution is 2.43. The number of hydrogen-bond acceptors (Lipinski definition) is 2. The van der Waals surface area contributed by atoms with Gasteiger partial charge >= 0.3 is 0 Å². The number of nitrogens with zero attached hydrogens (tertiary/aromatic N) is 4. The van der Waals surface area contributed by atoms with Crippen molar-refractivity contribution in [2.45, 2.75) is 6.92 Å². The molecule has 4 aromatic carbocycles. The van der Waals surface area contributed by atoms with Gasteiger partial charge in [0, 0.05) is 28.3 Å². The fraction of sp³-hybridized carbons (Fsp3) is 0.0303. The molecule has 0 fully saturated rings. The quantitative estimate of drug-likeness (QED) is 0.234. The lowest BCUT2D eigenvalue weighted by molar-refractivity contribution is 1.10. The number of pyridine rings is 1. The van der Waals surface area contributed by atoms with E-state index in [9.17, 15) is 0 Å². The van der Waals surface area contributed by atoms with Crippen LogP contribution in [-0.2, 0) is 0 Å². The van der Waals surface area contributed by atoms with Crippen LogP contribution in [0.4, 0.5) is 5.69 Å². The third-order valence-corrected chi connectivity index (χ3v) is 7.10. The molecule has 0 amide bonds. The molecular weight excluding hydrogens is 452 g/mol. The molecule has 176 valence electrons. The Bertz CT molecular complexity index is 2010. The van der Waals surface area contributed by atoms with Gasteiger partial charge in [-0.25, -0.2) is 0 Å². The lowest BCUT2D eigenvalue weighted by Crippen LogP contribution is -2.00. The molecule has 0 bridgehead atoms. The number of rotatable bonds is 4. The minimum atomic E-state index is 0.835. The lowest BCUT2D eigenvalue weighted by Gasteiger charge is -2.13. The highest BCUT2D eigenvalue weighted by molar-refractivity contribution is 6.18. The van der Waals surface area contributed by atoms with Crippen molar-refractivity contribution in [1.29, 1.82) is 0 Å². The van der Waals surface area contributed by atoms with Gasteiger partial charge in [0.15, 0.2) is 0 Å². The van der Waals surface area contributed by atoms with Crippen LogP contribution in [0, 0.1) is 0 Å². The third-order valence-electron chi connectivity index (χ3n) is 7.10. The maximum Gasteiger partial charge on any atom is 0.0985 e. The van der Waals surface area contributed by atoms with Gasteiger partial charge < -0.3 is 9.13 Å². The van der Waals surface area contributed by atoms with Gasteiger partial charge in [-0.15, -0.1) is 0 Å². The molecule has 0 saturated carbocycles. The zero-order valence-electron chi connectivity index (χ0n) is 20.5. The van der Waals surface area contributed by atoms with Crippen LogP contribution in [0.3, 0.4) is 0 Å². The Balaban J connectivity index is 1.74. The number of hydrogen-bond donors (Lipinski definition) is 0. The second kappa shape index (κ2) is 8.32. The minimum absolute atomic E-state index is 0.835. The second-order valence-electron chi connectivity index (χ2n) is 9.16. The van der Waals surface area contributed by atoms with E-state index in [0.29, 0.717) is 0 Å². The Labute approximate surface area is 214 Å². The average molecular weight is 477 g/mol. The molecule has 4 heteroatoms. The van der Waals surface area contributed by atoms with Crippen LogP contribution in [-0.4, -0.2) is 20.8 Å². The summed E-state index contributed by atoms with van der Waals surface area (Å²) in [4.78, 5) is 9.51. The van der Waals surface area contributed by atoms with Crippen LogP contribution in [0.2, 0.25) is 0 Å². The molecular formula is C33H24N4. The zero-order chi connectivity index (χ0) is 24.9. The standard InChI is InChI=1S/C33H24N4/c1-3-11-29-30(34-2)27-21-35-31-26-16-9-10-17-28(26)37(25-19-18-22-12-7-8-13-23(22)20-25)33(31)32(27)36(29)24-14-5-4-6-15-24/h3-21H,2H2,1H3/b11-3-. The Hall–Kier alpha value is -4.96. The van der Waals surface area contributed by atoms with E-state index in [-0.39, 0.29) is 0 Å². The Kier molecular flexibility index (Phi) is 4.79. The van der Waals surface area contributed by atoms with Crippen LogP contribution in [0.15, 0.2) is 114 Å². The van der Waals surface area contributed by atoms with E-state index >= 15 is 0 Å². The Morgan fingerprint density at radius 2 is 1.49 bits per heavy atom. The van der Waals surface area contributed by atoms with E-state index in [2.05, 4.69) is 118 Å². The third kappa shape index (κ3) is 3.09. The summed E-state index contributed by atoms with van der Waals surface area (Å²) in [7, 11) is 0. The van der Waals surface area contributed by atoms with Crippen molar-refractivity contribution in [3.63, 3.8) is 0 Å². The fourth-order valence-electron chi connectivity index (χ4n) is 5.56. The minimum Gasteiger partial charge on any atom is -0.306 e. The number of allylic oxidation sites excluding steroid dienone is 1. The van der Waals surface area contributed by atoms with Gasteiger partial charge in [-0.2, -0.15) is 0 Å². The molecule has 0 unspecified atom stereocenters. The van der Waals surface area contributed by atoms with Gasteiger partial charge in [0.1, 0.15) is 0 Å². The molecule has 37 heavy (non-hydrogen) atoms. The fourth-order valence-corrected chi connectivity index (χ4v) is 5.56. The number of para-hydroxylation sites is 2. The maximum atomic E-state index is 5.02. The summed E-state index contributed by atoms with van der Waals surface area (Å²) in [5.74, 6) is 0. The predicted molar refractivity (Wildman–Crippen MR) is 157 cm³/mol. The van der Waals surface area contributed by atoms with E-state index < -0.39 is 0 Å². The van der Waals surface area contributed by atoms with Crippen LogP contribution in [0.5, 0.6) is 0 Å². The average Bonchev–Trinajstić information content (AvgIpc) is 3.46. The summed E-state index contributed by atoms with van der Waals surface area (Å²) < 4.78 is 4.64. The monoisotopic (exact) mass is 476 g/mol. The molecule has 4 nitrogen and oxygen atoms in total. The van der Waals surface area contributed by atoms with Crippen LogP contribution in [0.25, 0.3) is 61.1 Å². The summed E-state index contributed by atoms with van der Waals surface area (Å²) in [6, 6.07) is 34.1. The summed E-state index contributed by atoms with van der Waals surface area (Å²) >= 11 is 0. The molecule has 7 aromatic rings. The van der Waals surface area contributed by atoms with E-state index in [4.69, 9.17) is 4.98 Å². The zero-order valence-corrected chi connectivity index (χ0v) is 20.5. The molecule has 0 aliphatic carbocycles. The molecule has 3 heterocycles. The number of benzene rings is 4. The van der Waals surface area contributed by atoms with E-state index in [1.807, 2.05) is 25.3 Å². The summed E-state index contributed by atoms with van der Waals surface area (Å²) in [5.41, 5.74) is 8.20. The smallest absolute Gasteiger partial charge is 0.0985 e. The van der Waals surface area contributed by atoms with Gasteiger partial charge in [-0.1, -0.05) is 72.8 Å². The molecule has 0 saturated heterocycles. The van der Waals surface area contributed by atoms with E-state index in [1.165, 1.54) is 10.8 Å². The van der Waals surface area contributed by atoms with Gasteiger partial charge in [-0.3, -0.25) is 9.98 Å². The van der Waals surface area contributed by atoms with Crippen LogP contribution < -0.4 is 0 Å². The SMILES string of the molecule is C=Nc1c(/C=C\C)n(-c2ccccc2)c2c1cnc1c3ccccc3n(-c3ccc4ccccc4c3)c12. The first-order valence-corrected chi connectivity index (χ1v) is 12.4. The molecule has 7 rings (SSSR count). The van der Waals surface area contributed by atoms with Gasteiger partial charge in [0.2, 0.25) is 0 Å². The molecule has 0 N–H and O–H groups in total. The summed E-state index contributed by atoms with van der Waals surface area (Å²) in [5, 5.41) is 4.52. The van der Waals surface area contributed by atoms with Gasteiger partial charge in [0.25, 0.3) is 0 Å². The van der Waals surface area contributed by atoms with Gasteiger partial charge in [-0.05, 0) is 60.8 Å². The molecule has 0 atom stereocenters. The summed E-state index contributed by atoms with van der Waals surface area (Å²) in [6.07, 6.45) is 6.10. The Morgan fingerprint density at radius 1 is 0.730 bits per heavy atom. The van der Waals surface area contributed by atoms with Crippen molar-refractivity contribution in [3.8, 4) is 11.4 Å². The molecule has 0 radical (unpaired) electrons. The molecule has 3 aromatic heterocycles. The van der Waals surface area contributed by atoms with Gasteiger partial charge in [0.05, 0.1) is 33.4 Å². The number of aromatic nitrogens is 3. The number of fused-ring (bicyclic) bond motifs is 6. The van der Waals surface area contributed by atoms with Crippen molar-refractivity contribution in [2.75, 3.05) is 0 Å². The first-order chi connectivity index (χ1) is 18.3. The second-order valence-corrected chi connectivity index (χ2v) is 9.16. The van der Waals surface area contributed by atoms with E-state index in [0.717, 1.165) is 55.6 Å². The highest BCUT2D eigenvalue weighted by atomic mass is 15.1. The van der Waals surface area contributed by atoms with Crippen molar-refractivity contribution < 1.29 is 0 Å². The largest absolute Gasteiger partial charge is 0.306 e. The molecule has 0 aliphatic heterocycles. The Morgan fingerprint density at radius 3 is 2.30 bits per heavy atom. The first-order valence-electron chi connectivity index (χ1n) is 12.4. The van der Waals surface area contributed by atoms with Crippen molar-refractivity contribution in [1.82, 2.24) is 14.1 Å². The lowest BCUT2D eigenvalue weighted by atomic mass is 10.1. The van der Waals surface area contributed by atoms with Crippen molar-refractivity contribution in [2.24, 2.45) is 4.99 Å². The van der Waals surface area contributed by atoms with Crippen LogP contribution in [0.1, 0.15) is 12.6 Å². The normalized spacial score (nSPS) is 11.9. The molecule has 0 aliphatic rings. The van der Waals surface area contributed by atoms with Crippen molar-refractivity contribution in [3.05, 3.63) is 115 Å². The summed E-state index contributed by atoms with van der Waals surface area (Å²) in [6.45, 7) is 5.96. The topological polar surface area (TPSA) is 35.1 Å². The first kappa shape index (κ1) is 21.3. The number of aliphatic imine (C=N–C) groups is 1. The highest BCUT2D eigenvalue weighted by Gasteiger charge is 2.23. The predicted octanol–water partition coefficient (Wildman–Crippen LogP) is 8.64.